The summed E-state index contributed by atoms with van der Waals surface area (Å²) in [4.78, 5) is 9.03. The molecule has 4 aromatic rings. The molecule has 2 heterocycles. The van der Waals surface area contributed by atoms with Crippen LogP contribution in [0.25, 0.3) is 22.4 Å². The van der Waals surface area contributed by atoms with Crippen LogP contribution in [0.4, 0.5) is 0 Å². The number of nitrogens with zero attached hydrogens (tertiary/aromatic N) is 3. The molecule has 0 N–H and O–H groups in total. The predicted octanol–water partition coefficient (Wildman–Crippen LogP) is 5.23. The van der Waals surface area contributed by atoms with Gasteiger partial charge in [-0.3, -0.25) is 0 Å². The molecular formula is C18H12ClN3OS. The zero-order chi connectivity index (χ0) is 16.4. The summed E-state index contributed by atoms with van der Waals surface area (Å²) >= 11 is 7.73. The second-order valence-corrected chi connectivity index (χ2v) is 6.53. The standard InChI is InChI=1S/C18H12ClN3OS/c19-14-7-3-2-6-13(14)18-21-16(22-23-18)11-24-17-10-9-12-5-1-4-8-15(12)20-17/h1-10H,11H2. The van der Waals surface area contributed by atoms with Gasteiger partial charge in [0, 0.05) is 5.39 Å². The maximum Gasteiger partial charge on any atom is 0.259 e. The Morgan fingerprint density at radius 3 is 2.67 bits per heavy atom. The number of benzene rings is 2. The van der Waals surface area contributed by atoms with Crippen LogP contribution in [0.3, 0.4) is 0 Å². The number of para-hydroxylation sites is 1. The smallest absolute Gasteiger partial charge is 0.259 e. The molecule has 0 amide bonds. The van der Waals surface area contributed by atoms with E-state index in [-0.39, 0.29) is 0 Å². The van der Waals surface area contributed by atoms with E-state index in [9.17, 15) is 0 Å². The molecule has 0 fully saturated rings. The predicted molar refractivity (Wildman–Crippen MR) is 96.0 cm³/mol. The van der Waals surface area contributed by atoms with E-state index in [4.69, 9.17) is 16.1 Å². The highest BCUT2D eigenvalue weighted by molar-refractivity contribution is 7.98. The molecule has 24 heavy (non-hydrogen) atoms. The molecule has 0 saturated heterocycles. The largest absolute Gasteiger partial charge is 0.334 e. The van der Waals surface area contributed by atoms with Gasteiger partial charge in [-0.15, -0.1) is 0 Å². The molecule has 2 aromatic carbocycles. The first-order valence-corrected chi connectivity index (χ1v) is 8.72. The third kappa shape index (κ3) is 3.13. The Bertz CT molecular complexity index is 1000. The quantitative estimate of drug-likeness (QED) is 0.470. The molecule has 2 aromatic heterocycles. The van der Waals surface area contributed by atoms with Crippen molar-refractivity contribution in [2.24, 2.45) is 0 Å². The second kappa shape index (κ2) is 6.63. The van der Waals surface area contributed by atoms with Crippen LogP contribution in [0.1, 0.15) is 5.82 Å². The minimum Gasteiger partial charge on any atom is -0.334 e. The summed E-state index contributed by atoms with van der Waals surface area (Å²) in [5.41, 5.74) is 1.72. The number of hydrogen-bond donors (Lipinski definition) is 0. The number of thioether (sulfide) groups is 1. The lowest BCUT2D eigenvalue weighted by atomic mass is 10.2. The van der Waals surface area contributed by atoms with E-state index in [0.29, 0.717) is 22.5 Å². The monoisotopic (exact) mass is 353 g/mol. The van der Waals surface area contributed by atoms with E-state index in [1.807, 2.05) is 48.5 Å². The van der Waals surface area contributed by atoms with Crippen LogP contribution in [-0.2, 0) is 5.75 Å². The van der Waals surface area contributed by atoms with Gasteiger partial charge in [0.05, 0.1) is 26.9 Å². The van der Waals surface area contributed by atoms with Crippen molar-refractivity contribution in [1.29, 1.82) is 0 Å². The van der Waals surface area contributed by atoms with Crippen molar-refractivity contribution in [2.45, 2.75) is 10.8 Å². The Labute approximate surface area is 147 Å². The zero-order valence-corrected chi connectivity index (χ0v) is 14.1. The Balaban J connectivity index is 1.51. The summed E-state index contributed by atoms with van der Waals surface area (Å²) < 4.78 is 5.31. The van der Waals surface area contributed by atoms with E-state index in [2.05, 4.69) is 21.2 Å². The Hall–Kier alpha value is -2.37. The van der Waals surface area contributed by atoms with Gasteiger partial charge in [0.15, 0.2) is 5.82 Å². The van der Waals surface area contributed by atoms with Crippen LogP contribution >= 0.6 is 23.4 Å². The minimum atomic E-state index is 0.433. The SMILES string of the molecule is Clc1ccccc1-c1nc(CSc2ccc3ccccc3n2)no1. The molecule has 4 nitrogen and oxygen atoms in total. The third-order valence-corrected chi connectivity index (χ3v) is 4.75. The molecule has 0 aliphatic rings. The topological polar surface area (TPSA) is 51.8 Å². The first kappa shape index (κ1) is 15.2. The number of hydrogen-bond acceptors (Lipinski definition) is 5. The number of halogens is 1. The van der Waals surface area contributed by atoms with Gasteiger partial charge in [-0.1, -0.05) is 64.9 Å². The number of aromatic nitrogens is 3. The molecule has 0 atom stereocenters. The van der Waals surface area contributed by atoms with Crippen LogP contribution in [0.2, 0.25) is 5.02 Å². The molecule has 4 rings (SSSR count). The maximum absolute atomic E-state index is 6.15. The van der Waals surface area contributed by atoms with Gasteiger partial charge in [-0.2, -0.15) is 4.98 Å². The highest BCUT2D eigenvalue weighted by Gasteiger charge is 2.12. The average molecular weight is 354 g/mol. The van der Waals surface area contributed by atoms with Crippen molar-refractivity contribution >= 4 is 34.3 Å². The van der Waals surface area contributed by atoms with Gasteiger partial charge in [0.2, 0.25) is 0 Å². The fourth-order valence-electron chi connectivity index (χ4n) is 2.32. The molecule has 0 bridgehead atoms. The van der Waals surface area contributed by atoms with E-state index < -0.39 is 0 Å². The first-order valence-electron chi connectivity index (χ1n) is 7.36. The molecule has 0 spiro atoms. The van der Waals surface area contributed by atoms with Crippen LogP contribution in [0.5, 0.6) is 0 Å². The average Bonchev–Trinajstić information content (AvgIpc) is 3.09. The fourth-order valence-corrected chi connectivity index (χ4v) is 3.26. The molecule has 0 radical (unpaired) electrons. The van der Waals surface area contributed by atoms with Gasteiger partial charge < -0.3 is 4.52 Å². The van der Waals surface area contributed by atoms with Crippen LogP contribution in [0.15, 0.2) is 70.2 Å². The van der Waals surface area contributed by atoms with Crippen molar-refractivity contribution in [3.05, 3.63) is 71.5 Å². The fraction of sp³-hybridized carbons (Fsp3) is 0.0556. The van der Waals surface area contributed by atoms with Crippen molar-refractivity contribution in [3.8, 4) is 11.5 Å². The normalized spacial score (nSPS) is 11.0. The van der Waals surface area contributed by atoms with E-state index in [1.54, 1.807) is 17.8 Å². The first-order chi connectivity index (χ1) is 11.8. The van der Waals surface area contributed by atoms with Crippen molar-refractivity contribution in [1.82, 2.24) is 15.1 Å². The molecule has 6 heteroatoms. The summed E-state index contributed by atoms with van der Waals surface area (Å²) in [5.74, 6) is 1.63. The summed E-state index contributed by atoms with van der Waals surface area (Å²) in [6, 6.07) is 19.5. The zero-order valence-electron chi connectivity index (χ0n) is 12.5. The third-order valence-electron chi connectivity index (χ3n) is 3.49. The lowest BCUT2D eigenvalue weighted by molar-refractivity contribution is 0.425. The van der Waals surface area contributed by atoms with Crippen molar-refractivity contribution < 1.29 is 4.52 Å². The lowest BCUT2D eigenvalue weighted by Gasteiger charge is -2.00. The van der Waals surface area contributed by atoms with E-state index >= 15 is 0 Å². The maximum atomic E-state index is 6.15. The highest BCUT2D eigenvalue weighted by atomic mass is 35.5. The molecule has 0 aliphatic carbocycles. The Morgan fingerprint density at radius 1 is 0.917 bits per heavy atom. The molecule has 118 valence electrons. The molecule has 0 saturated carbocycles. The number of pyridine rings is 1. The van der Waals surface area contributed by atoms with Crippen LogP contribution < -0.4 is 0 Å². The number of rotatable bonds is 4. The summed E-state index contributed by atoms with van der Waals surface area (Å²) in [5, 5.41) is 6.67. The lowest BCUT2D eigenvalue weighted by Crippen LogP contribution is -1.87. The number of fused-ring (bicyclic) bond motifs is 1. The van der Waals surface area contributed by atoms with Gasteiger partial charge in [0.1, 0.15) is 0 Å². The Kier molecular flexibility index (Phi) is 4.19. The van der Waals surface area contributed by atoms with Crippen molar-refractivity contribution in [2.75, 3.05) is 0 Å². The van der Waals surface area contributed by atoms with E-state index in [1.165, 1.54) is 0 Å². The Morgan fingerprint density at radius 2 is 1.75 bits per heavy atom. The van der Waals surface area contributed by atoms with Crippen LogP contribution in [0, 0.1) is 0 Å². The second-order valence-electron chi connectivity index (χ2n) is 5.13. The summed E-state index contributed by atoms with van der Waals surface area (Å²) in [6.45, 7) is 0. The molecule has 0 unspecified atom stereocenters. The molecule has 0 aliphatic heterocycles. The summed E-state index contributed by atoms with van der Waals surface area (Å²) in [6.07, 6.45) is 0. The van der Waals surface area contributed by atoms with Crippen molar-refractivity contribution in [3.63, 3.8) is 0 Å². The summed E-state index contributed by atoms with van der Waals surface area (Å²) in [7, 11) is 0. The van der Waals surface area contributed by atoms with Gasteiger partial charge >= 0.3 is 0 Å². The van der Waals surface area contributed by atoms with E-state index in [0.717, 1.165) is 21.5 Å². The van der Waals surface area contributed by atoms with Gasteiger partial charge in [-0.05, 0) is 24.3 Å². The van der Waals surface area contributed by atoms with Crippen LogP contribution in [-0.4, -0.2) is 15.1 Å². The molecular weight excluding hydrogens is 342 g/mol. The minimum absolute atomic E-state index is 0.433. The highest BCUT2D eigenvalue weighted by Crippen LogP contribution is 2.27. The van der Waals surface area contributed by atoms with Gasteiger partial charge in [-0.25, -0.2) is 4.98 Å². The van der Waals surface area contributed by atoms with Gasteiger partial charge in [0.25, 0.3) is 5.89 Å².